The molecule has 0 saturated carbocycles. The van der Waals surface area contributed by atoms with E-state index in [0.29, 0.717) is 5.82 Å². The third-order valence-corrected chi connectivity index (χ3v) is 5.53. The van der Waals surface area contributed by atoms with Crippen LogP contribution < -0.4 is 21.1 Å². The van der Waals surface area contributed by atoms with Crippen molar-refractivity contribution in [1.82, 2.24) is 9.97 Å². The van der Waals surface area contributed by atoms with Crippen LogP contribution in [0.4, 0.5) is 17.3 Å². The summed E-state index contributed by atoms with van der Waals surface area (Å²) in [5, 5.41) is 11.5. The Morgan fingerprint density at radius 1 is 1.03 bits per heavy atom. The molecule has 1 atom stereocenters. The Morgan fingerprint density at radius 3 is 2.23 bits per heavy atom. The van der Waals surface area contributed by atoms with Gasteiger partial charge in [-0.25, -0.2) is 9.97 Å². The Balaban J connectivity index is 0.000000735. The van der Waals surface area contributed by atoms with Crippen LogP contribution in [0.3, 0.4) is 0 Å². The summed E-state index contributed by atoms with van der Waals surface area (Å²) in [6.07, 6.45) is 2.47. The van der Waals surface area contributed by atoms with Gasteiger partial charge in [0, 0.05) is 34.9 Å². The van der Waals surface area contributed by atoms with Crippen molar-refractivity contribution < 1.29 is 13.3 Å². The van der Waals surface area contributed by atoms with E-state index < -0.39 is 18.4 Å². The molecule has 0 amide bonds. The lowest BCUT2D eigenvalue weighted by Crippen LogP contribution is -2.07. The van der Waals surface area contributed by atoms with Crippen LogP contribution in [0, 0.1) is 0 Å². The largest absolute Gasteiger partial charge is 0.760 e. The van der Waals surface area contributed by atoms with Crippen molar-refractivity contribution in [2.24, 2.45) is 5.14 Å². The van der Waals surface area contributed by atoms with Gasteiger partial charge < -0.3 is 19.8 Å². The summed E-state index contributed by atoms with van der Waals surface area (Å²) in [5.74, 6) is 1.49. The number of nitrogens with one attached hydrogen (secondary N) is 2. The second kappa shape index (κ2) is 11.6. The van der Waals surface area contributed by atoms with Crippen molar-refractivity contribution >= 4 is 41.0 Å². The van der Waals surface area contributed by atoms with Gasteiger partial charge in [-0.3, -0.25) is 9.35 Å². The Labute approximate surface area is 179 Å². The molecule has 0 bridgehead atoms. The smallest absolute Gasteiger partial charge is 0.135 e. The molecule has 0 saturated heterocycles. The molecule has 30 heavy (non-hydrogen) atoms. The highest BCUT2D eigenvalue weighted by Gasteiger charge is 2.10. The van der Waals surface area contributed by atoms with E-state index in [-0.39, 0.29) is 0 Å². The predicted molar refractivity (Wildman–Crippen MR) is 123 cm³/mol. The highest BCUT2D eigenvalue weighted by atomic mass is 32.2. The van der Waals surface area contributed by atoms with Gasteiger partial charge in [-0.05, 0) is 49.6 Å². The molecule has 3 aromatic rings. The van der Waals surface area contributed by atoms with E-state index >= 15 is 0 Å². The molecular weight excluding hydrogens is 421 g/mol. The molecule has 1 aromatic heterocycles. The standard InChI is InChI=1S/C20H23N4OP.H3NO2S/c1-26(2,25)18-10-8-17(9-11-18)24-20-14-19(22-15-23-20)21-13-12-16-6-4-3-5-7-16;1-4(2)3/h3-11,14-15H,12-13H2,1-2H3,(H2,21,22,23,24);1H2,(H,2,3)/p-1. The lowest BCUT2D eigenvalue weighted by atomic mass is 10.1. The number of hydrogen-bond acceptors (Lipinski definition) is 7. The van der Waals surface area contributed by atoms with Gasteiger partial charge in [0.05, 0.1) is 0 Å². The maximum Gasteiger partial charge on any atom is 0.135 e. The second-order valence-corrected chi connectivity index (χ2v) is 10.5. The van der Waals surface area contributed by atoms with Crippen molar-refractivity contribution in [3.63, 3.8) is 0 Å². The first kappa shape index (κ1) is 23.7. The first-order valence-electron chi connectivity index (χ1n) is 9.10. The van der Waals surface area contributed by atoms with Crippen LogP contribution in [-0.2, 0) is 22.3 Å². The summed E-state index contributed by atoms with van der Waals surface area (Å²) in [6, 6.07) is 19.8. The van der Waals surface area contributed by atoms with Gasteiger partial charge in [0.2, 0.25) is 0 Å². The fraction of sp³-hybridized carbons (Fsp3) is 0.200. The molecule has 1 unspecified atom stereocenters. The zero-order chi connectivity index (χ0) is 22.0. The van der Waals surface area contributed by atoms with Gasteiger partial charge in [0.1, 0.15) is 25.1 Å². The monoisotopic (exact) mass is 446 g/mol. The molecule has 0 aliphatic heterocycles. The number of benzene rings is 2. The van der Waals surface area contributed by atoms with E-state index in [9.17, 15) is 4.57 Å². The third kappa shape index (κ3) is 8.84. The van der Waals surface area contributed by atoms with E-state index in [1.807, 2.05) is 48.5 Å². The zero-order valence-electron chi connectivity index (χ0n) is 16.8. The molecule has 0 aliphatic carbocycles. The van der Waals surface area contributed by atoms with Gasteiger partial charge in [0.25, 0.3) is 0 Å². The average molecular weight is 446 g/mol. The summed E-state index contributed by atoms with van der Waals surface area (Å²) < 4.78 is 29.6. The fourth-order valence-electron chi connectivity index (χ4n) is 2.55. The number of anilines is 3. The van der Waals surface area contributed by atoms with Gasteiger partial charge >= 0.3 is 0 Å². The quantitative estimate of drug-likeness (QED) is 0.375. The summed E-state index contributed by atoms with van der Waals surface area (Å²) in [5.41, 5.74) is 2.19. The van der Waals surface area contributed by atoms with Gasteiger partial charge in [-0.15, -0.1) is 0 Å². The van der Waals surface area contributed by atoms with Crippen LogP contribution in [0.2, 0.25) is 0 Å². The van der Waals surface area contributed by atoms with Crippen LogP contribution >= 0.6 is 7.14 Å². The molecule has 4 N–H and O–H groups in total. The number of aromatic nitrogens is 2. The van der Waals surface area contributed by atoms with Crippen molar-refractivity contribution in [1.29, 1.82) is 0 Å². The van der Waals surface area contributed by atoms with Crippen LogP contribution in [0.5, 0.6) is 0 Å². The van der Waals surface area contributed by atoms with Crippen molar-refractivity contribution in [2.45, 2.75) is 6.42 Å². The molecular formula is C20H25N5O3PS-. The Bertz CT molecular complexity index is 993. The van der Waals surface area contributed by atoms with E-state index in [0.717, 1.165) is 29.8 Å². The minimum absolute atomic E-state index is 0.714. The van der Waals surface area contributed by atoms with Gasteiger partial charge in [-0.2, -0.15) is 0 Å². The first-order chi connectivity index (χ1) is 14.2. The number of nitrogens with two attached hydrogens (primary N) is 1. The van der Waals surface area contributed by atoms with Crippen molar-refractivity contribution in [3.8, 4) is 0 Å². The Hall–Kier alpha value is -2.58. The predicted octanol–water partition coefficient (Wildman–Crippen LogP) is 2.86. The molecule has 10 heteroatoms. The number of hydrogen-bond donors (Lipinski definition) is 3. The van der Waals surface area contributed by atoms with E-state index in [1.165, 1.54) is 11.9 Å². The molecule has 0 aliphatic rings. The highest BCUT2D eigenvalue weighted by molar-refractivity contribution is 7.76. The van der Waals surface area contributed by atoms with Crippen LogP contribution in [0.25, 0.3) is 0 Å². The van der Waals surface area contributed by atoms with E-state index in [4.69, 9.17) is 8.76 Å². The lowest BCUT2D eigenvalue weighted by molar-refractivity contribution is 0.538. The summed E-state index contributed by atoms with van der Waals surface area (Å²) in [6.45, 7) is 4.35. The highest BCUT2D eigenvalue weighted by Crippen LogP contribution is 2.34. The van der Waals surface area contributed by atoms with E-state index in [2.05, 4.69) is 37.9 Å². The van der Waals surface area contributed by atoms with Crippen LogP contribution in [0.15, 0.2) is 67.0 Å². The summed E-state index contributed by atoms with van der Waals surface area (Å²) in [7, 11) is -2.23. The fourth-order valence-corrected chi connectivity index (χ4v) is 3.42. The second-order valence-electron chi connectivity index (χ2n) is 6.73. The topological polar surface area (TPSA) is 133 Å². The summed E-state index contributed by atoms with van der Waals surface area (Å²) >= 11 is -2.36. The number of nitrogens with zero attached hydrogens (tertiary/aromatic N) is 2. The molecule has 0 radical (unpaired) electrons. The van der Waals surface area contributed by atoms with Gasteiger partial charge in [0.15, 0.2) is 0 Å². The molecule has 1 heterocycles. The lowest BCUT2D eigenvalue weighted by Gasteiger charge is -2.10. The minimum atomic E-state index is -2.36. The molecule has 2 aromatic carbocycles. The average Bonchev–Trinajstić information content (AvgIpc) is 2.68. The normalized spacial score (nSPS) is 11.7. The van der Waals surface area contributed by atoms with Crippen molar-refractivity contribution in [3.05, 3.63) is 72.6 Å². The van der Waals surface area contributed by atoms with Crippen LogP contribution in [-0.4, -0.2) is 38.6 Å². The molecule has 8 nitrogen and oxygen atoms in total. The van der Waals surface area contributed by atoms with Crippen LogP contribution in [0.1, 0.15) is 5.56 Å². The van der Waals surface area contributed by atoms with Gasteiger partial charge in [-0.1, -0.05) is 30.3 Å². The zero-order valence-corrected chi connectivity index (χ0v) is 18.5. The molecule has 160 valence electrons. The third-order valence-electron chi connectivity index (χ3n) is 3.99. The Kier molecular flexibility index (Phi) is 9.14. The Morgan fingerprint density at radius 2 is 1.63 bits per heavy atom. The van der Waals surface area contributed by atoms with Crippen molar-refractivity contribution in [2.75, 3.05) is 30.5 Å². The molecule has 3 rings (SSSR count). The maximum absolute atomic E-state index is 12.1. The van der Waals surface area contributed by atoms with E-state index in [1.54, 1.807) is 13.3 Å². The summed E-state index contributed by atoms with van der Waals surface area (Å²) in [4.78, 5) is 8.51. The molecule has 0 spiro atoms. The first-order valence-corrected chi connectivity index (χ1v) is 12.8. The number of rotatable bonds is 7. The maximum atomic E-state index is 12.1. The minimum Gasteiger partial charge on any atom is -0.760 e. The SMILES string of the molecule is CP(C)(=O)c1ccc(Nc2cc(NCCc3ccccc3)ncn2)cc1.NS(=O)[O-]. The molecule has 0 fully saturated rings.